The molecule has 1 aliphatic rings. The first kappa shape index (κ1) is 14.7. The van der Waals surface area contributed by atoms with Gasteiger partial charge in [-0.1, -0.05) is 12.8 Å². The molecule has 0 aromatic heterocycles. The summed E-state index contributed by atoms with van der Waals surface area (Å²) in [5, 5.41) is 0. The van der Waals surface area contributed by atoms with Gasteiger partial charge in [-0.3, -0.25) is 0 Å². The molecule has 6 heteroatoms. The molecule has 0 unspecified atom stereocenters. The summed E-state index contributed by atoms with van der Waals surface area (Å²) in [5.41, 5.74) is 4.75. The summed E-state index contributed by atoms with van der Waals surface area (Å²) in [6.45, 7) is 0. The molecule has 0 saturated heterocycles. The second-order valence-corrected chi connectivity index (χ2v) is 5.75. The normalized spacial score (nSPS) is 18.6. The molecule has 19 heavy (non-hydrogen) atoms. The van der Waals surface area contributed by atoms with E-state index in [9.17, 15) is 13.2 Å². The van der Waals surface area contributed by atoms with Gasteiger partial charge in [0.1, 0.15) is 5.75 Å². The summed E-state index contributed by atoms with van der Waals surface area (Å²) >= 11 is 3.23. The van der Waals surface area contributed by atoms with Crippen LogP contribution in [0.25, 0.3) is 0 Å². The Morgan fingerprint density at radius 1 is 1.26 bits per heavy atom. The van der Waals surface area contributed by atoms with Gasteiger partial charge in [0.2, 0.25) is 0 Å². The Bertz CT molecular complexity index is 482. The highest BCUT2D eigenvalue weighted by atomic mass is 79.9. The first-order chi connectivity index (χ1) is 8.78. The zero-order chi connectivity index (χ0) is 14.3. The average Bonchev–Trinajstić information content (AvgIpc) is 2.75. The molecule has 2 nitrogen and oxygen atoms in total. The lowest BCUT2D eigenvalue weighted by atomic mass is 9.85. The molecule has 0 heterocycles. The summed E-state index contributed by atoms with van der Waals surface area (Å²) in [4.78, 5) is 0. The molecule has 2 N–H and O–H groups in total. The molecule has 1 aromatic carbocycles. The van der Waals surface area contributed by atoms with E-state index in [4.69, 9.17) is 10.5 Å². The van der Waals surface area contributed by atoms with Crippen molar-refractivity contribution >= 4 is 15.9 Å². The number of nitrogens with two attached hydrogens (primary N) is 1. The molecular weight excluding hydrogens is 323 g/mol. The topological polar surface area (TPSA) is 35.2 Å². The van der Waals surface area contributed by atoms with E-state index >= 15 is 0 Å². The van der Waals surface area contributed by atoms with Crippen molar-refractivity contribution in [1.82, 2.24) is 0 Å². The summed E-state index contributed by atoms with van der Waals surface area (Å²) in [7, 11) is 1.34. The molecule has 1 fully saturated rings. The van der Waals surface area contributed by atoms with Crippen molar-refractivity contribution in [3.05, 3.63) is 27.7 Å². The highest BCUT2D eigenvalue weighted by molar-refractivity contribution is 9.10. The maximum atomic E-state index is 13.2. The summed E-state index contributed by atoms with van der Waals surface area (Å²) in [5.74, 6) is 0.165. The van der Waals surface area contributed by atoms with Gasteiger partial charge in [-0.15, -0.1) is 0 Å². The van der Waals surface area contributed by atoms with Gasteiger partial charge in [-0.25, -0.2) is 0 Å². The van der Waals surface area contributed by atoms with E-state index in [1.165, 1.54) is 13.2 Å². The molecule has 0 amide bonds. The minimum atomic E-state index is -4.43. The number of alkyl halides is 3. The fraction of sp³-hybridized carbons (Fsp3) is 0.538. The molecular formula is C13H15BrF3NO. The third-order valence-electron chi connectivity index (χ3n) is 3.63. The number of rotatable bonds is 2. The van der Waals surface area contributed by atoms with Crippen LogP contribution in [0.2, 0.25) is 0 Å². The van der Waals surface area contributed by atoms with Crippen molar-refractivity contribution in [2.45, 2.75) is 37.4 Å². The maximum Gasteiger partial charge on any atom is 0.416 e. The predicted molar refractivity (Wildman–Crippen MR) is 70.0 cm³/mol. The number of methoxy groups -OCH3 is 1. The van der Waals surface area contributed by atoms with Crippen LogP contribution in [0.1, 0.15) is 36.8 Å². The summed E-state index contributed by atoms with van der Waals surface area (Å²) in [6, 6.07) is 2.47. The lowest BCUT2D eigenvalue weighted by Gasteiger charge is -2.28. The molecule has 0 radical (unpaired) electrons. The number of hydrogen-bond acceptors (Lipinski definition) is 2. The molecule has 0 bridgehead atoms. The SMILES string of the molecule is COc1cc(C(F)(F)F)c(C2(N)CCCC2)cc1Br. The fourth-order valence-electron chi connectivity index (χ4n) is 2.63. The van der Waals surface area contributed by atoms with E-state index < -0.39 is 17.3 Å². The second-order valence-electron chi connectivity index (χ2n) is 4.89. The predicted octanol–water partition coefficient (Wildman–Crippen LogP) is 4.20. The van der Waals surface area contributed by atoms with Gasteiger partial charge in [0.15, 0.2) is 0 Å². The van der Waals surface area contributed by atoms with Crippen molar-refractivity contribution in [3.8, 4) is 5.75 Å². The molecule has 0 aliphatic heterocycles. The Balaban J connectivity index is 2.61. The Hall–Kier alpha value is -0.750. The van der Waals surface area contributed by atoms with E-state index in [1.54, 1.807) is 0 Å². The van der Waals surface area contributed by atoms with Gasteiger partial charge < -0.3 is 10.5 Å². The van der Waals surface area contributed by atoms with E-state index in [2.05, 4.69) is 15.9 Å². The summed E-state index contributed by atoms with van der Waals surface area (Å²) in [6.07, 6.45) is -1.56. The van der Waals surface area contributed by atoms with Crippen LogP contribution in [0.4, 0.5) is 13.2 Å². The monoisotopic (exact) mass is 337 g/mol. The standard InChI is InChI=1S/C13H15BrF3NO/c1-19-11-7-9(13(15,16)17)8(6-10(11)14)12(18)4-2-3-5-12/h6-7H,2-5,18H2,1H3. The zero-order valence-electron chi connectivity index (χ0n) is 10.5. The van der Waals surface area contributed by atoms with Crippen molar-refractivity contribution in [1.29, 1.82) is 0 Å². The highest BCUT2D eigenvalue weighted by Gasteiger charge is 2.42. The third kappa shape index (κ3) is 2.74. The number of halogens is 4. The van der Waals surface area contributed by atoms with Gasteiger partial charge >= 0.3 is 6.18 Å². The van der Waals surface area contributed by atoms with Crippen LogP contribution in [0.5, 0.6) is 5.75 Å². The van der Waals surface area contributed by atoms with Gasteiger partial charge in [0.05, 0.1) is 17.1 Å². The van der Waals surface area contributed by atoms with Gasteiger partial charge in [0, 0.05) is 5.54 Å². The van der Waals surface area contributed by atoms with Crippen molar-refractivity contribution in [2.75, 3.05) is 7.11 Å². The highest BCUT2D eigenvalue weighted by Crippen LogP contribution is 2.45. The number of benzene rings is 1. The molecule has 1 aliphatic carbocycles. The summed E-state index contributed by atoms with van der Waals surface area (Å²) < 4.78 is 45.0. The molecule has 0 atom stereocenters. The van der Waals surface area contributed by atoms with Gasteiger partial charge in [-0.05, 0) is 46.5 Å². The van der Waals surface area contributed by atoms with Crippen molar-refractivity contribution in [3.63, 3.8) is 0 Å². The van der Waals surface area contributed by atoms with Crippen LogP contribution in [-0.2, 0) is 11.7 Å². The van der Waals surface area contributed by atoms with Crippen molar-refractivity contribution in [2.24, 2.45) is 5.73 Å². The molecule has 2 rings (SSSR count). The van der Waals surface area contributed by atoms with Crippen LogP contribution in [-0.4, -0.2) is 7.11 Å². The van der Waals surface area contributed by atoms with Gasteiger partial charge in [-0.2, -0.15) is 13.2 Å². The van der Waals surface area contributed by atoms with Crippen molar-refractivity contribution < 1.29 is 17.9 Å². The maximum absolute atomic E-state index is 13.2. The van der Waals surface area contributed by atoms with E-state index in [0.717, 1.165) is 18.9 Å². The Morgan fingerprint density at radius 3 is 2.32 bits per heavy atom. The van der Waals surface area contributed by atoms with Crippen LogP contribution < -0.4 is 10.5 Å². The van der Waals surface area contributed by atoms with Crippen LogP contribution in [0.15, 0.2) is 16.6 Å². The smallest absolute Gasteiger partial charge is 0.416 e. The first-order valence-corrected chi connectivity index (χ1v) is 6.81. The average molecular weight is 338 g/mol. The minimum Gasteiger partial charge on any atom is -0.496 e. The van der Waals surface area contributed by atoms with Crippen LogP contribution in [0.3, 0.4) is 0 Å². The van der Waals surface area contributed by atoms with Gasteiger partial charge in [0.25, 0.3) is 0 Å². The third-order valence-corrected chi connectivity index (χ3v) is 4.25. The Kier molecular flexibility index (Phi) is 3.84. The Labute approximate surface area is 118 Å². The van der Waals surface area contributed by atoms with Crippen LogP contribution in [0, 0.1) is 0 Å². The number of hydrogen-bond donors (Lipinski definition) is 1. The minimum absolute atomic E-state index is 0.158. The van der Waals surface area contributed by atoms with E-state index in [-0.39, 0.29) is 11.3 Å². The Morgan fingerprint density at radius 2 is 1.84 bits per heavy atom. The lowest BCUT2D eigenvalue weighted by molar-refractivity contribution is -0.138. The molecule has 1 aromatic rings. The lowest BCUT2D eigenvalue weighted by Crippen LogP contribution is -2.35. The number of ether oxygens (including phenoxy) is 1. The fourth-order valence-corrected chi connectivity index (χ4v) is 3.14. The molecule has 1 saturated carbocycles. The molecule has 0 spiro atoms. The van der Waals surface area contributed by atoms with Crippen LogP contribution >= 0.6 is 15.9 Å². The first-order valence-electron chi connectivity index (χ1n) is 6.02. The van der Waals surface area contributed by atoms with E-state index in [1.807, 2.05) is 0 Å². The van der Waals surface area contributed by atoms with E-state index in [0.29, 0.717) is 17.3 Å². The molecule has 106 valence electrons. The second kappa shape index (κ2) is 4.98. The largest absolute Gasteiger partial charge is 0.496 e. The zero-order valence-corrected chi connectivity index (χ0v) is 12.1. The quantitative estimate of drug-likeness (QED) is 0.877.